The highest BCUT2D eigenvalue weighted by Crippen LogP contribution is 2.41. The second kappa shape index (κ2) is 9.91. The van der Waals surface area contributed by atoms with E-state index in [1.54, 1.807) is 4.90 Å². The van der Waals surface area contributed by atoms with E-state index in [-0.39, 0.29) is 50.4 Å². The summed E-state index contributed by atoms with van der Waals surface area (Å²) < 4.78 is 6.86. The first-order valence-corrected chi connectivity index (χ1v) is 13.1. The molecule has 1 saturated heterocycles. The fourth-order valence-electron chi connectivity index (χ4n) is 5.51. The van der Waals surface area contributed by atoms with Crippen molar-refractivity contribution in [1.82, 2.24) is 19.7 Å². The SMILES string of the molecule is O=C(c1cc(Oc2c(Cl)cc(-n3ncc(=O)[nH]c3=O)cc2Cl)ccc1O)N1CC2Cc3ccccc3C(C2)C1. The molecule has 0 saturated carbocycles. The van der Waals surface area contributed by atoms with Crippen molar-refractivity contribution in [2.45, 2.75) is 18.8 Å². The highest BCUT2D eigenvalue weighted by Gasteiger charge is 2.36. The van der Waals surface area contributed by atoms with Crippen molar-refractivity contribution >= 4 is 29.1 Å². The minimum absolute atomic E-state index is 0.0703. The number of aromatic hydroxyl groups is 1. The van der Waals surface area contributed by atoms with Crippen LogP contribution in [-0.4, -0.2) is 43.8 Å². The summed E-state index contributed by atoms with van der Waals surface area (Å²) in [6.07, 6.45) is 2.93. The second-order valence-corrected chi connectivity index (χ2v) is 10.6. The average molecular weight is 565 g/mol. The van der Waals surface area contributed by atoms with Gasteiger partial charge in [-0.25, -0.2) is 4.79 Å². The summed E-state index contributed by atoms with van der Waals surface area (Å²) >= 11 is 12.8. The number of H-pyrrole nitrogens is 1. The molecule has 11 heteroatoms. The van der Waals surface area contributed by atoms with Gasteiger partial charge >= 0.3 is 5.69 Å². The van der Waals surface area contributed by atoms with E-state index in [0.29, 0.717) is 19.0 Å². The number of aromatic amines is 1. The topological polar surface area (TPSA) is 118 Å². The van der Waals surface area contributed by atoms with Gasteiger partial charge in [-0.1, -0.05) is 47.5 Å². The van der Waals surface area contributed by atoms with Crippen LogP contribution >= 0.6 is 23.2 Å². The largest absolute Gasteiger partial charge is 0.507 e. The number of piperidine rings is 1. The predicted octanol–water partition coefficient (Wildman–Crippen LogP) is 4.53. The average Bonchev–Trinajstić information content (AvgIpc) is 2.91. The molecule has 6 rings (SSSR count). The number of hydrogen-bond donors (Lipinski definition) is 2. The molecule has 1 fully saturated rings. The fourth-order valence-corrected chi connectivity index (χ4v) is 6.07. The van der Waals surface area contributed by atoms with E-state index in [1.807, 2.05) is 6.07 Å². The number of fused-ring (bicyclic) bond motifs is 4. The van der Waals surface area contributed by atoms with E-state index in [1.165, 1.54) is 41.5 Å². The summed E-state index contributed by atoms with van der Waals surface area (Å²) in [7, 11) is 0. The number of carbonyl (C=O) groups excluding carboxylic acids is 1. The summed E-state index contributed by atoms with van der Waals surface area (Å²) in [4.78, 5) is 40.9. The summed E-state index contributed by atoms with van der Waals surface area (Å²) in [5.41, 5.74) is 1.59. The van der Waals surface area contributed by atoms with Crippen molar-refractivity contribution < 1.29 is 14.6 Å². The third-order valence-corrected chi connectivity index (χ3v) is 7.75. The summed E-state index contributed by atoms with van der Waals surface area (Å²) in [6, 6.07) is 15.6. The van der Waals surface area contributed by atoms with Gasteiger partial charge in [-0.2, -0.15) is 9.78 Å². The Balaban J connectivity index is 1.26. The number of rotatable bonds is 4. The zero-order valence-electron chi connectivity index (χ0n) is 20.4. The molecule has 0 spiro atoms. The normalized spacial score (nSPS) is 17.9. The van der Waals surface area contributed by atoms with Crippen LogP contribution in [0.2, 0.25) is 10.0 Å². The minimum Gasteiger partial charge on any atom is -0.507 e. The lowest BCUT2D eigenvalue weighted by atomic mass is 9.74. The second-order valence-electron chi connectivity index (χ2n) is 9.78. The van der Waals surface area contributed by atoms with E-state index >= 15 is 0 Å². The standard InChI is InChI=1S/C28H22Cl2N4O5/c29-22-9-18(34-28(38)32-25(36)12-31-34)10-23(30)26(22)39-19-5-6-24(35)21(11-19)27(37)33-13-15-7-16-3-1-2-4-20(16)17(8-15)14-33/h1-6,9-12,15,17,35H,7-8,13-14H2,(H,32,36,38). The molecule has 4 aromatic rings. The van der Waals surface area contributed by atoms with Gasteiger partial charge in [0.1, 0.15) is 17.7 Å². The summed E-state index contributed by atoms with van der Waals surface area (Å²) in [5.74, 6) is 0.537. The van der Waals surface area contributed by atoms with Gasteiger partial charge in [0, 0.05) is 19.0 Å². The molecular weight excluding hydrogens is 543 g/mol. The number of carbonyl (C=O) groups is 1. The number of phenols is 1. The number of nitrogens with zero attached hydrogens (tertiary/aromatic N) is 3. The Labute approximate surface area is 232 Å². The number of hydrogen-bond acceptors (Lipinski definition) is 6. The van der Waals surface area contributed by atoms with Crippen LogP contribution in [0.5, 0.6) is 17.2 Å². The van der Waals surface area contributed by atoms with Gasteiger partial charge in [-0.3, -0.25) is 14.6 Å². The number of phenolic OH excluding ortho intramolecular Hbond substituents is 1. The number of ether oxygens (including phenoxy) is 1. The third-order valence-electron chi connectivity index (χ3n) is 7.19. The maximum absolute atomic E-state index is 13.6. The zero-order valence-corrected chi connectivity index (χ0v) is 21.9. The van der Waals surface area contributed by atoms with Crippen molar-refractivity contribution in [3.05, 3.63) is 108 Å². The number of aromatic nitrogens is 3. The highest BCUT2D eigenvalue weighted by molar-refractivity contribution is 6.37. The molecule has 0 radical (unpaired) electrons. The fraction of sp³-hybridized carbons (Fsp3) is 0.214. The summed E-state index contributed by atoms with van der Waals surface area (Å²) in [5, 5.41) is 14.5. The maximum Gasteiger partial charge on any atom is 0.349 e. The van der Waals surface area contributed by atoms with Gasteiger partial charge in [-0.05, 0) is 60.2 Å². The molecule has 2 unspecified atom stereocenters. The molecule has 2 bridgehead atoms. The Morgan fingerprint density at radius 2 is 1.82 bits per heavy atom. The first-order valence-electron chi connectivity index (χ1n) is 12.3. The van der Waals surface area contributed by atoms with Crippen LogP contribution in [0.25, 0.3) is 5.69 Å². The summed E-state index contributed by atoms with van der Waals surface area (Å²) in [6.45, 7) is 1.19. The van der Waals surface area contributed by atoms with E-state index in [9.17, 15) is 19.5 Å². The zero-order chi connectivity index (χ0) is 27.3. The van der Waals surface area contributed by atoms with Gasteiger partial charge in [0.15, 0.2) is 5.75 Å². The quantitative estimate of drug-likeness (QED) is 0.376. The predicted molar refractivity (Wildman–Crippen MR) is 146 cm³/mol. The van der Waals surface area contributed by atoms with Crippen molar-refractivity contribution in [2.24, 2.45) is 5.92 Å². The monoisotopic (exact) mass is 564 g/mol. The lowest BCUT2D eigenvalue weighted by molar-refractivity contribution is 0.0630. The van der Waals surface area contributed by atoms with E-state index in [2.05, 4.69) is 28.3 Å². The molecule has 198 valence electrons. The maximum atomic E-state index is 13.6. The minimum atomic E-state index is -0.754. The van der Waals surface area contributed by atoms with Crippen LogP contribution < -0.4 is 16.0 Å². The molecule has 1 aliphatic heterocycles. The lowest BCUT2D eigenvalue weighted by Crippen LogP contribution is -2.45. The van der Waals surface area contributed by atoms with Crippen LogP contribution in [0.3, 0.4) is 0 Å². The first kappa shape index (κ1) is 25.2. The number of amides is 1. The van der Waals surface area contributed by atoms with E-state index in [4.69, 9.17) is 27.9 Å². The van der Waals surface area contributed by atoms with Crippen molar-refractivity contribution in [3.63, 3.8) is 0 Å². The van der Waals surface area contributed by atoms with Gasteiger partial charge in [0.25, 0.3) is 11.5 Å². The smallest absolute Gasteiger partial charge is 0.349 e. The molecule has 2 heterocycles. The van der Waals surface area contributed by atoms with E-state index < -0.39 is 11.2 Å². The van der Waals surface area contributed by atoms with Crippen LogP contribution in [0.4, 0.5) is 0 Å². The van der Waals surface area contributed by atoms with E-state index in [0.717, 1.165) is 23.7 Å². The van der Waals surface area contributed by atoms with Crippen LogP contribution in [0.15, 0.2) is 70.4 Å². The Hall–Kier alpha value is -4.08. The molecule has 39 heavy (non-hydrogen) atoms. The number of halogens is 2. The Morgan fingerprint density at radius 1 is 1.05 bits per heavy atom. The van der Waals surface area contributed by atoms with Crippen LogP contribution in [-0.2, 0) is 6.42 Å². The molecule has 1 aromatic heterocycles. The molecular formula is C28H22Cl2N4O5. The number of likely N-dealkylation sites (tertiary alicyclic amines) is 1. The van der Waals surface area contributed by atoms with Gasteiger partial charge in [0.05, 0.1) is 21.3 Å². The van der Waals surface area contributed by atoms with Crippen LogP contribution in [0, 0.1) is 5.92 Å². The van der Waals surface area contributed by atoms with Gasteiger partial charge in [-0.15, -0.1) is 0 Å². The molecule has 2 aliphatic rings. The Bertz CT molecular complexity index is 1710. The molecule has 2 N–H and O–H groups in total. The lowest BCUT2D eigenvalue weighted by Gasteiger charge is -2.42. The van der Waals surface area contributed by atoms with Gasteiger partial charge < -0.3 is 14.7 Å². The van der Waals surface area contributed by atoms with Crippen molar-refractivity contribution in [2.75, 3.05) is 13.1 Å². The highest BCUT2D eigenvalue weighted by atomic mass is 35.5. The number of nitrogens with one attached hydrogen (secondary N) is 1. The van der Waals surface area contributed by atoms with Crippen LogP contribution in [0.1, 0.15) is 33.8 Å². The Morgan fingerprint density at radius 3 is 2.59 bits per heavy atom. The Kier molecular flexibility index (Phi) is 6.40. The molecule has 1 amide bonds. The third kappa shape index (κ3) is 4.79. The molecule has 3 aromatic carbocycles. The first-order chi connectivity index (χ1) is 18.8. The molecule has 9 nitrogen and oxygen atoms in total. The van der Waals surface area contributed by atoms with Crippen molar-refractivity contribution in [3.8, 4) is 22.9 Å². The molecule has 1 aliphatic carbocycles. The van der Waals surface area contributed by atoms with Crippen molar-refractivity contribution in [1.29, 1.82) is 0 Å². The number of benzene rings is 3. The molecule has 2 atom stereocenters. The van der Waals surface area contributed by atoms with Gasteiger partial charge in [0.2, 0.25) is 0 Å².